The Kier molecular flexibility index (Phi) is 4.43. The average Bonchev–Trinajstić information content (AvgIpc) is 3.03. The van der Waals surface area contributed by atoms with Crippen molar-refractivity contribution in [2.45, 2.75) is 18.6 Å². The third kappa shape index (κ3) is 3.07. The van der Waals surface area contributed by atoms with E-state index < -0.39 is 17.8 Å². The van der Waals surface area contributed by atoms with Gasteiger partial charge in [-0.25, -0.2) is 4.68 Å². The molecule has 0 spiro atoms. The molecule has 1 atom stereocenters. The number of alkyl halides is 4. The van der Waals surface area contributed by atoms with Gasteiger partial charge in [-0.15, -0.1) is 11.6 Å². The number of anilines is 1. The molecular formula is C16H12ClF3N4O. The maximum absolute atomic E-state index is 13.0. The first kappa shape index (κ1) is 17.3. The molecule has 1 aromatic carbocycles. The van der Waals surface area contributed by atoms with Crippen LogP contribution in [0.4, 0.5) is 19.0 Å². The number of carbonyl (C=O) groups excluding carboxylic acids is 1. The summed E-state index contributed by atoms with van der Waals surface area (Å²) in [5.74, 6) is -0.381. The van der Waals surface area contributed by atoms with Crippen LogP contribution in [0.2, 0.25) is 0 Å². The summed E-state index contributed by atoms with van der Waals surface area (Å²) in [5, 5.41) is 13.4. The Labute approximate surface area is 146 Å². The van der Waals surface area contributed by atoms with Crippen molar-refractivity contribution in [2.24, 2.45) is 0 Å². The monoisotopic (exact) mass is 368 g/mol. The van der Waals surface area contributed by atoms with Crippen LogP contribution in [0.15, 0.2) is 30.5 Å². The van der Waals surface area contributed by atoms with Crippen molar-refractivity contribution in [3.05, 3.63) is 47.2 Å². The van der Waals surface area contributed by atoms with Crippen LogP contribution in [0, 0.1) is 11.3 Å². The summed E-state index contributed by atoms with van der Waals surface area (Å²) in [6.07, 6.45) is -2.78. The van der Waals surface area contributed by atoms with Crippen LogP contribution in [0.5, 0.6) is 0 Å². The van der Waals surface area contributed by atoms with Crippen molar-refractivity contribution in [3.8, 4) is 6.07 Å². The van der Waals surface area contributed by atoms with Crippen LogP contribution in [0.25, 0.3) is 0 Å². The fourth-order valence-corrected chi connectivity index (χ4v) is 3.10. The second-order valence-corrected chi connectivity index (χ2v) is 5.81. The van der Waals surface area contributed by atoms with E-state index in [1.54, 1.807) is 6.07 Å². The van der Waals surface area contributed by atoms with Gasteiger partial charge >= 0.3 is 6.18 Å². The zero-order chi connectivity index (χ0) is 18.2. The molecule has 5 nitrogen and oxygen atoms in total. The van der Waals surface area contributed by atoms with Crippen LogP contribution in [0.3, 0.4) is 0 Å². The summed E-state index contributed by atoms with van der Waals surface area (Å²) in [4.78, 5) is 13.4. The summed E-state index contributed by atoms with van der Waals surface area (Å²) in [6, 6.07) is 6.44. The molecule has 0 saturated carbocycles. The van der Waals surface area contributed by atoms with Crippen LogP contribution in [0.1, 0.15) is 29.2 Å². The van der Waals surface area contributed by atoms with Crippen molar-refractivity contribution in [1.82, 2.24) is 9.78 Å². The van der Waals surface area contributed by atoms with E-state index in [1.807, 2.05) is 6.07 Å². The van der Waals surface area contributed by atoms with Gasteiger partial charge in [0.15, 0.2) is 5.82 Å². The highest BCUT2D eigenvalue weighted by Gasteiger charge is 2.35. The summed E-state index contributed by atoms with van der Waals surface area (Å²) in [6.45, 7) is 0.243. The summed E-state index contributed by atoms with van der Waals surface area (Å²) in [5.41, 5.74) is -0.157. The molecule has 3 rings (SSSR count). The lowest BCUT2D eigenvalue weighted by molar-refractivity contribution is -0.137. The maximum Gasteiger partial charge on any atom is 0.416 e. The van der Waals surface area contributed by atoms with E-state index in [2.05, 4.69) is 5.10 Å². The van der Waals surface area contributed by atoms with Gasteiger partial charge < -0.3 is 0 Å². The van der Waals surface area contributed by atoms with Crippen molar-refractivity contribution in [2.75, 3.05) is 17.3 Å². The Morgan fingerprint density at radius 2 is 2.20 bits per heavy atom. The number of fused-ring (bicyclic) bond motifs is 1. The quantitative estimate of drug-likeness (QED) is 0.764. The van der Waals surface area contributed by atoms with Gasteiger partial charge in [0.2, 0.25) is 5.91 Å². The van der Waals surface area contributed by atoms with Gasteiger partial charge in [0.25, 0.3) is 0 Å². The Morgan fingerprint density at radius 1 is 1.44 bits per heavy atom. The molecule has 0 fully saturated rings. The molecule has 25 heavy (non-hydrogen) atoms. The van der Waals surface area contributed by atoms with Gasteiger partial charge in [0.1, 0.15) is 17.5 Å². The molecule has 1 amide bonds. The number of benzene rings is 1. The molecule has 0 radical (unpaired) electrons. The van der Waals surface area contributed by atoms with Crippen LogP contribution >= 0.6 is 11.6 Å². The van der Waals surface area contributed by atoms with E-state index >= 15 is 0 Å². The zero-order valence-corrected chi connectivity index (χ0v) is 13.6. The molecule has 0 saturated heterocycles. The average molecular weight is 369 g/mol. The molecule has 1 aliphatic heterocycles. The topological polar surface area (TPSA) is 61.9 Å². The van der Waals surface area contributed by atoms with Crippen molar-refractivity contribution < 1.29 is 18.0 Å². The highest BCUT2D eigenvalue weighted by molar-refractivity contribution is 6.29. The predicted molar refractivity (Wildman–Crippen MR) is 84.2 cm³/mol. The van der Waals surface area contributed by atoms with Crippen LogP contribution < -0.4 is 4.90 Å². The Balaban J connectivity index is 2.07. The number of aromatic nitrogens is 2. The molecule has 0 N–H and O–H groups in total. The lowest BCUT2D eigenvalue weighted by Gasteiger charge is -2.33. The van der Waals surface area contributed by atoms with Gasteiger partial charge in [-0.1, -0.05) is 12.1 Å². The van der Waals surface area contributed by atoms with E-state index in [1.165, 1.54) is 21.8 Å². The van der Waals surface area contributed by atoms with E-state index in [9.17, 15) is 23.2 Å². The first-order chi connectivity index (χ1) is 11.9. The molecular weight excluding hydrogens is 357 g/mol. The number of hydrogen-bond acceptors (Lipinski definition) is 3. The van der Waals surface area contributed by atoms with E-state index in [0.717, 1.165) is 12.1 Å². The summed E-state index contributed by atoms with van der Waals surface area (Å²) in [7, 11) is 0. The lowest BCUT2D eigenvalue weighted by Crippen LogP contribution is -2.40. The Bertz CT molecular complexity index is 856. The molecule has 130 valence electrons. The van der Waals surface area contributed by atoms with E-state index in [0.29, 0.717) is 12.0 Å². The zero-order valence-electron chi connectivity index (χ0n) is 12.8. The lowest BCUT2D eigenvalue weighted by atomic mass is 9.99. The molecule has 0 aliphatic carbocycles. The minimum absolute atomic E-state index is 0.176. The fourth-order valence-electron chi connectivity index (χ4n) is 2.96. The standard InChI is InChI=1S/C16H12ClF3N4O/c17-7-14(25)23-5-4-13(24-15(23)11(8-21)9-22-24)10-2-1-3-12(6-10)16(18,19)20/h1-3,6,9,13H,4-5,7H2. The van der Waals surface area contributed by atoms with Crippen LogP contribution in [-0.4, -0.2) is 28.1 Å². The van der Waals surface area contributed by atoms with Gasteiger partial charge in [-0.3, -0.25) is 9.69 Å². The second-order valence-electron chi connectivity index (χ2n) is 5.54. The minimum atomic E-state index is -4.45. The summed E-state index contributed by atoms with van der Waals surface area (Å²) < 4.78 is 40.3. The van der Waals surface area contributed by atoms with Gasteiger partial charge in [0.05, 0.1) is 17.8 Å². The molecule has 2 heterocycles. The molecule has 0 bridgehead atoms. The molecule has 1 aromatic heterocycles. The number of hydrogen-bond donors (Lipinski definition) is 0. The Morgan fingerprint density at radius 3 is 2.84 bits per heavy atom. The van der Waals surface area contributed by atoms with Crippen molar-refractivity contribution in [1.29, 1.82) is 5.26 Å². The maximum atomic E-state index is 13.0. The Hall–Kier alpha value is -2.53. The van der Waals surface area contributed by atoms with E-state index in [4.69, 9.17) is 11.6 Å². The molecule has 2 aromatic rings. The SMILES string of the molecule is N#Cc1cnn2c1N(C(=O)CCl)CCC2c1cccc(C(F)(F)F)c1. The highest BCUT2D eigenvalue weighted by Crippen LogP contribution is 2.37. The largest absolute Gasteiger partial charge is 0.416 e. The highest BCUT2D eigenvalue weighted by atomic mass is 35.5. The number of halogens is 4. The van der Waals surface area contributed by atoms with Crippen molar-refractivity contribution >= 4 is 23.3 Å². The number of nitrogens with zero attached hydrogens (tertiary/aromatic N) is 4. The molecule has 1 aliphatic rings. The van der Waals surface area contributed by atoms with Gasteiger partial charge in [-0.2, -0.15) is 23.5 Å². The minimum Gasteiger partial charge on any atom is -0.295 e. The van der Waals surface area contributed by atoms with E-state index in [-0.39, 0.29) is 29.7 Å². The molecule has 9 heteroatoms. The second kappa shape index (κ2) is 6.41. The summed E-state index contributed by atoms with van der Waals surface area (Å²) >= 11 is 5.61. The van der Waals surface area contributed by atoms with Gasteiger partial charge in [-0.05, 0) is 24.1 Å². The number of rotatable bonds is 2. The number of carbonyl (C=O) groups is 1. The first-order valence-corrected chi connectivity index (χ1v) is 7.91. The van der Waals surface area contributed by atoms with Crippen molar-refractivity contribution in [3.63, 3.8) is 0 Å². The number of amides is 1. The normalized spacial score (nSPS) is 17.1. The molecule has 1 unspecified atom stereocenters. The third-order valence-electron chi connectivity index (χ3n) is 4.08. The smallest absolute Gasteiger partial charge is 0.295 e. The first-order valence-electron chi connectivity index (χ1n) is 7.38. The predicted octanol–water partition coefficient (Wildman–Crippen LogP) is 3.34. The van der Waals surface area contributed by atoms with Gasteiger partial charge in [0, 0.05) is 6.54 Å². The third-order valence-corrected chi connectivity index (χ3v) is 4.31. The van der Waals surface area contributed by atoms with Crippen LogP contribution in [-0.2, 0) is 11.0 Å². The number of nitriles is 1. The fraction of sp³-hybridized carbons (Fsp3) is 0.312.